The van der Waals surface area contributed by atoms with E-state index in [4.69, 9.17) is 9.47 Å². The molecule has 28 heavy (non-hydrogen) atoms. The number of halogens is 3. The Morgan fingerprint density at radius 1 is 1.18 bits per heavy atom. The third-order valence-electron chi connectivity index (χ3n) is 4.72. The first-order valence-electron chi connectivity index (χ1n) is 8.50. The number of methoxy groups -OCH3 is 2. The zero-order valence-corrected chi connectivity index (χ0v) is 16.9. The van der Waals surface area contributed by atoms with Gasteiger partial charge in [0, 0.05) is 23.6 Å². The maximum Gasteiger partial charge on any atom is 0.534 e. The van der Waals surface area contributed by atoms with Crippen molar-refractivity contribution in [3.63, 3.8) is 0 Å². The summed E-state index contributed by atoms with van der Waals surface area (Å²) in [5.41, 5.74) is -2.82. The van der Waals surface area contributed by atoms with E-state index in [1.54, 1.807) is 0 Å². The SMILES string of the molecule is C=C(C)C1CCC(C)=CC1c1c(OC)cc(OS(=O)(=O)C(F)(F)F)cc1OC. The average Bonchev–Trinajstić information content (AvgIpc) is 2.59. The third kappa shape index (κ3) is 4.45. The van der Waals surface area contributed by atoms with E-state index < -0.39 is 21.4 Å². The van der Waals surface area contributed by atoms with Crippen LogP contribution in [0, 0.1) is 5.92 Å². The Morgan fingerprint density at radius 3 is 2.14 bits per heavy atom. The second kappa shape index (κ2) is 8.06. The van der Waals surface area contributed by atoms with Crippen LogP contribution in [-0.4, -0.2) is 28.1 Å². The van der Waals surface area contributed by atoms with Crippen molar-refractivity contribution in [2.45, 2.75) is 38.1 Å². The molecule has 1 aliphatic carbocycles. The summed E-state index contributed by atoms with van der Waals surface area (Å²) in [4.78, 5) is 0. The molecule has 0 N–H and O–H groups in total. The molecule has 1 aliphatic rings. The number of alkyl halides is 3. The van der Waals surface area contributed by atoms with E-state index in [1.807, 2.05) is 13.8 Å². The molecule has 0 radical (unpaired) electrons. The third-order valence-corrected chi connectivity index (χ3v) is 5.70. The van der Waals surface area contributed by atoms with Crippen LogP contribution in [-0.2, 0) is 10.1 Å². The van der Waals surface area contributed by atoms with Gasteiger partial charge in [0.2, 0.25) is 0 Å². The molecule has 2 atom stereocenters. The van der Waals surface area contributed by atoms with E-state index >= 15 is 0 Å². The number of hydrogen-bond acceptors (Lipinski definition) is 5. The maximum atomic E-state index is 12.6. The molecule has 2 rings (SSSR count). The van der Waals surface area contributed by atoms with Gasteiger partial charge in [-0.25, -0.2) is 0 Å². The van der Waals surface area contributed by atoms with Gasteiger partial charge in [0.25, 0.3) is 0 Å². The zero-order valence-electron chi connectivity index (χ0n) is 16.1. The first-order chi connectivity index (χ1) is 12.9. The molecule has 9 heteroatoms. The van der Waals surface area contributed by atoms with E-state index in [0.29, 0.717) is 5.56 Å². The second-order valence-corrected chi connectivity index (χ2v) is 8.29. The number of benzene rings is 1. The van der Waals surface area contributed by atoms with Crippen LogP contribution in [0.3, 0.4) is 0 Å². The van der Waals surface area contributed by atoms with Crippen molar-refractivity contribution in [2.24, 2.45) is 5.92 Å². The summed E-state index contributed by atoms with van der Waals surface area (Å²) in [6.07, 6.45) is 3.81. The Balaban J connectivity index is 2.60. The molecule has 0 fully saturated rings. The van der Waals surface area contributed by atoms with Crippen molar-refractivity contribution in [1.82, 2.24) is 0 Å². The minimum absolute atomic E-state index is 0.0807. The highest BCUT2D eigenvalue weighted by Crippen LogP contribution is 2.48. The molecule has 0 saturated carbocycles. The van der Waals surface area contributed by atoms with Crippen molar-refractivity contribution in [1.29, 1.82) is 0 Å². The smallest absolute Gasteiger partial charge is 0.496 e. The van der Waals surface area contributed by atoms with Gasteiger partial charge in [0.1, 0.15) is 17.2 Å². The molecule has 156 valence electrons. The Bertz CT molecular complexity index is 862. The highest BCUT2D eigenvalue weighted by atomic mass is 32.2. The van der Waals surface area contributed by atoms with E-state index in [0.717, 1.165) is 36.1 Å². The fourth-order valence-corrected chi connectivity index (χ4v) is 3.82. The summed E-state index contributed by atoms with van der Waals surface area (Å²) in [7, 11) is -3.12. The second-order valence-electron chi connectivity index (χ2n) is 6.75. The van der Waals surface area contributed by atoms with Crippen LogP contribution in [0.4, 0.5) is 13.2 Å². The van der Waals surface area contributed by atoms with Crippen LogP contribution in [0.1, 0.15) is 38.2 Å². The van der Waals surface area contributed by atoms with Crippen molar-refractivity contribution >= 4 is 10.1 Å². The minimum Gasteiger partial charge on any atom is -0.496 e. The molecule has 1 aromatic carbocycles. The predicted octanol–water partition coefficient (Wildman–Crippen LogP) is 4.95. The summed E-state index contributed by atoms with van der Waals surface area (Å²) < 4.78 is 75.6. The molecule has 0 amide bonds. The summed E-state index contributed by atoms with van der Waals surface area (Å²) in [6.45, 7) is 7.95. The molecule has 5 nitrogen and oxygen atoms in total. The van der Waals surface area contributed by atoms with Crippen LogP contribution in [0.15, 0.2) is 35.9 Å². The van der Waals surface area contributed by atoms with Crippen LogP contribution in [0.2, 0.25) is 0 Å². The highest BCUT2D eigenvalue weighted by Gasteiger charge is 2.48. The van der Waals surface area contributed by atoms with Gasteiger partial charge in [-0.15, -0.1) is 0 Å². The van der Waals surface area contributed by atoms with E-state index in [9.17, 15) is 21.6 Å². The van der Waals surface area contributed by atoms with Crippen molar-refractivity contribution in [2.75, 3.05) is 14.2 Å². The van der Waals surface area contributed by atoms with Gasteiger partial charge >= 0.3 is 15.6 Å². The van der Waals surface area contributed by atoms with Crippen LogP contribution < -0.4 is 13.7 Å². The number of hydrogen-bond donors (Lipinski definition) is 0. The molecule has 0 heterocycles. The monoisotopic (exact) mass is 420 g/mol. The number of rotatable bonds is 6. The number of ether oxygens (including phenoxy) is 2. The van der Waals surface area contributed by atoms with E-state index in [2.05, 4.69) is 16.8 Å². The van der Waals surface area contributed by atoms with Gasteiger partial charge in [-0.05, 0) is 32.6 Å². The Kier molecular flexibility index (Phi) is 6.37. The predicted molar refractivity (Wildman–Crippen MR) is 99.2 cm³/mol. The topological polar surface area (TPSA) is 61.8 Å². The molecule has 2 unspecified atom stereocenters. The normalized spacial score (nSPS) is 20.3. The van der Waals surface area contributed by atoms with Crippen molar-refractivity contribution in [3.8, 4) is 17.2 Å². The Morgan fingerprint density at radius 2 is 1.71 bits per heavy atom. The van der Waals surface area contributed by atoms with Gasteiger partial charge in [-0.3, -0.25) is 0 Å². The van der Waals surface area contributed by atoms with Crippen LogP contribution in [0.5, 0.6) is 17.2 Å². The highest BCUT2D eigenvalue weighted by molar-refractivity contribution is 7.88. The summed E-state index contributed by atoms with van der Waals surface area (Å²) in [5.74, 6) is -0.289. The lowest BCUT2D eigenvalue weighted by Gasteiger charge is -2.32. The average molecular weight is 420 g/mol. The molecule has 1 aromatic rings. The lowest BCUT2D eigenvalue weighted by molar-refractivity contribution is -0.0500. The lowest BCUT2D eigenvalue weighted by atomic mass is 9.74. The molecular weight excluding hydrogens is 397 g/mol. The van der Waals surface area contributed by atoms with Gasteiger partial charge in [-0.2, -0.15) is 21.6 Å². The number of allylic oxidation sites excluding steroid dienone is 3. The van der Waals surface area contributed by atoms with Crippen LogP contribution >= 0.6 is 0 Å². The minimum atomic E-state index is -5.81. The van der Waals surface area contributed by atoms with E-state index in [1.165, 1.54) is 14.2 Å². The Hall–Kier alpha value is -2.16. The summed E-state index contributed by atoms with van der Waals surface area (Å²) in [6, 6.07) is 2.24. The molecule has 0 bridgehead atoms. The molecule has 0 aromatic heterocycles. The molecule has 0 spiro atoms. The lowest BCUT2D eigenvalue weighted by Crippen LogP contribution is -2.28. The standard InChI is InChI=1S/C19H23F3O5S/c1-11(2)14-7-6-12(3)8-15(14)18-16(25-4)9-13(10-17(18)26-5)27-28(23,24)19(20,21)22/h8-10,14-15H,1,6-7H2,2-5H3. The van der Waals surface area contributed by atoms with Gasteiger partial charge in [0.05, 0.1) is 14.2 Å². The van der Waals surface area contributed by atoms with Gasteiger partial charge in [0.15, 0.2) is 0 Å². The van der Waals surface area contributed by atoms with E-state index in [-0.39, 0.29) is 23.3 Å². The largest absolute Gasteiger partial charge is 0.534 e. The van der Waals surface area contributed by atoms with Crippen LogP contribution in [0.25, 0.3) is 0 Å². The zero-order chi connectivity index (χ0) is 21.3. The van der Waals surface area contributed by atoms with Gasteiger partial charge < -0.3 is 13.7 Å². The summed E-state index contributed by atoms with van der Waals surface area (Å²) in [5, 5.41) is 0. The molecule has 0 saturated heterocycles. The summed E-state index contributed by atoms with van der Waals surface area (Å²) >= 11 is 0. The fraction of sp³-hybridized carbons (Fsp3) is 0.474. The van der Waals surface area contributed by atoms with Crippen molar-refractivity contribution < 1.29 is 35.2 Å². The Labute approximate surface area is 162 Å². The van der Waals surface area contributed by atoms with Crippen molar-refractivity contribution in [3.05, 3.63) is 41.5 Å². The fourth-order valence-electron chi connectivity index (χ4n) is 3.37. The van der Waals surface area contributed by atoms with Gasteiger partial charge in [-0.1, -0.05) is 23.8 Å². The molecule has 0 aliphatic heterocycles. The first kappa shape index (κ1) is 22.1. The maximum absolute atomic E-state index is 12.6. The molecular formula is C19H23F3O5S. The quantitative estimate of drug-likeness (QED) is 0.370. The first-order valence-corrected chi connectivity index (χ1v) is 9.91.